The van der Waals surface area contributed by atoms with E-state index in [0.29, 0.717) is 5.56 Å². The van der Waals surface area contributed by atoms with E-state index >= 15 is 0 Å². The lowest BCUT2D eigenvalue weighted by molar-refractivity contribution is 0.0977. The molecule has 134 valence electrons. The van der Waals surface area contributed by atoms with Crippen LogP contribution in [0.2, 0.25) is 0 Å². The molecule has 25 heavy (non-hydrogen) atoms. The summed E-state index contributed by atoms with van der Waals surface area (Å²) in [5, 5.41) is 6.04. The van der Waals surface area contributed by atoms with Gasteiger partial charge in [-0.1, -0.05) is 12.1 Å². The highest BCUT2D eigenvalue weighted by molar-refractivity contribution is 14.1. The molecule has 2 N–H and O–H groups in total. The van der Waals surface area contributed by atoms with E-state index in [2.05, 4.69) is 52.0 Å². The number of nitrogens with one attached hydrogen (secondary N) is 2. The molecule has 2 aromatic rings. The van der Waals surface area contributed by atoms with E-state index in [-0.39, 0.29) is 23.4 Å². The summed E-state index contributed by atoms with van der Waals surface area (Å²) in [6.45, 7) is 6.19. The quantitative estimate of drug-likeness (QED) is 0.473. The van der Waals surface area contributed by atoms with Crippen LogP contribution in [0.4, 0.5) is 11.4 Å². The van der Waals surface area contributed by atoms with E-state index in [0.717, 1.165) is 22.3 Å². The molecule has 4 nitrogen and oxygen atoms in total. The molecule has 0 bridgehead atoms. The fraction of sp³-hybridized carbons (Fsp3) is 0.222. The third kappa shape index (κ3) is 6.13. The van der Waals surface area contributed by atoms with Gasteiger partial charge in [-0.15, -0.1) is 12.4 Å². The molecule has 0 radical (unpaired) electrons. The maximum absolute atomic E-state index is 12.2. The number of thiocarbonyl (C=S) groups is 1. The summed E-state index contributed by atoms with van der Waals surface area (Å²) in [7, 11) is 0. The van der Waals surface area contributed by atoms with Crippen molar-refractivity contribution in [1.29, 1.82) is 0 Å². The van der Waals surface area contributed by atoms with Gasteiger partial charge in [0, 0.05) is 28.0 Å². The summed E-state index contributed by atoms with van der Waals surface area (Å²) in [4.78, 5) is 14.5. The number of carbonyl (C=O) groups excluding carboxylic acids is 1. The first-order valence-corrected chi connectivity index (χ1v) is 9.25. The summed E-state index contributed by atoms with van der Waals surface area (Å²) in [5.74, 6) is -0.211. The lowest BCUT2D eigenvalue weighted by atomic mass is 10.2. The zero-order valence-electron chi connectivity index (χ0n) is 14.1. The smallest absolute Gasteiger partial charge is 0.258 e. The van der Waals surface area contributed by atoms with Crippen molar-refractivity contribution in [3.05, 3.63) is 57.7 Å². The van der Waals surface area contributed by atoms with Crippen molar-refractivity contribution in [2.45, 2.75) is 13.8 Å². The number of amides is 1. The number of hydrogen-bond donors (Lipinski definition) is 2. The summed E-state index contributed by atoms with van der Waals surface area (Å²) in [6, 6.07) is 15.4. The van der Waals surface area contributed by atoms with E-state index in [1.807, 2.05) is 42.5 Å². The average molecular weight is 490 g/mol. The number of nitrogens with zero attached hydrogens (tertiary/aromatic N) is 1. The van der Waals surface area contributed by atoms with E-state index in [1.165, 1.54) is 5.69 Å². The minimum absolute atomic E-state index is 0. The molecular weight excluding hydrogens is 469 g/mol. The Labute approximate surface area is 173 Å². The Balaban J connectivity index is 0.00000312. The lowest BCUT2D eigenvalue weighted by Crippen LogP contribution is -2.34. The van der Waals surface area contributed by atoms with E-state index < -0.39 is 0 Å². The van der Waals surface area contributed by atoms with Crippen LogP contribution in [-0.4, -0.2) is 24.1 Å². The first kappa shape index (κ1) is 21.7. The second kappa shape index (κ2) is 10.6. The Hall–Kier alpha value is -1.38. The van der Waals surface area contributed by atoms with Gasteiger partial charge in [0.1, 0.15) is 0 Å². The van der Waals surface area contributed by atoms with Gasteiger partial charge < -0.3 is 10.2 Å². The Morgan fingerprint density at radius 3 is 2.24 bits per heavy atom. The van der Waals surface area contributed by atoms with Gasteiger partial charge in [-0.05, 0) is 85.1 Å². The first-order chi connectivity index (χ1) is 11.5. The second-order valence-electron chi connectivity index (χ2n) is 5.11. The molecule has 1 amide bonds. The van der Waals surface area contributed by atoms with Crippen molar-refractivity contribution in [3.63, 3.8) is 0 Å². The maximum Gasteiger partial charge on any atom is 0.258 e. The molecule has 0 atom stereocenters. The molecule has 0 aliphatic heterocycles. The normalized spacial score (nSPS) is 9.72. The van der Waals surface area contributed by atoms with Crippen LogP contribution in [0, 0.1) is 3.57 Å². The number of halogens is 2. The zero-order valence-corrected chi connectivity index (χ0v) is 17.9. The number of anilines is 2. The van der Waals surface area contributed by atoms with Gasteiger partial charge in [0.15, 0.2) is 5.11 Å². The molecule has 0 aromatic heterocycles. The molecule has 0 aliphatic carbocycles. The van der Waals surface area contributed by atoms with Crippen LogP contribution in [-0.2, 0) is 0 Å². The van der Waals surface area contributed by atoms with Gasteiger partial charge in [-0.25, -0.2) is 0 Å². The van der Waals surface area contributed by atoms with Crippen LogP contribution in [0.25, 0.3) is 0 Å². The Kier molecular flexibility index (Phi) is 9.16. The highest BCUT2D eigenvalue weighted by atomic mass is 127. The Morgan fingerprint density at radius 1 is 1.08 bits per heavy atom. The third-order valence-corrected chi connectivity index (χ3v) is 4.74. The molecule has 2 aromatic carbocycles. The Morgan fingerprint density at radius 2 is 1.68 bits per heavy atom. The van der Waals surface area contributed by atoms with Crippen LogP contribution in [0.5, 0.6) is 0 Å². The molecule has 0 unspecified atom stereocenters. The van der Waals surface area contributed by atoms with Gasteiger partial charge in [0.2, 0.25) is 0 Å². The van der Waals surface area contributed by atoms with Crippen LogP contribution >= 0.6 is 47.2 Å². The van der Waals surface area contributed by atoms with E-state index in [1.54, 1.807) is 6.07 Å². The molecule has 0 spiro atoms. The van der Waals surface area contributed by atoms with Crippen LogP contribution < -0.4 is 15.5 Å². The van der Waals surface area contributed by atoms with E-state index in [9.17, 15) is 4.79 Å². The zero-order chi connectivity index (χ0) is 17.5. The van der Waals surface area contributed by atoms with Gasteiger partial charge in [-0.2, -0.15) is 0 Å². The fourth-order valence-corrected chi connectivity index (χ4v) is 3.17. The Bertz CT molecular complexity index is 721. The highest BCUT2D eigenvalue weighted by Crippen LogP contribution is 2.17. The predicted octanol–water partition coefficient (Wildman–Crippen LogP) is 4.69. The SMILES string of the molecule is CCN(CC)c1ccc(NC(=S)NC(=O)c2ccccc2I)cc1.Cl. The maximum atomic E-state index is 12.2. The van der Waals surface area contributed by atoms with Crippen molar-refractivity contribution in [1.82, 2.24) is 5.32 Å². The van der Waals surface area contributed by atoms with Gasteiger partial charge in [-0.3, -0.25) is 10.1 Å². The minimum atomic E-state index is -0.211. The minimum Gasteiger partial charge on any atom is -0.372 e. The first-order valence-electron chi connectivity index (χ1n) is 7.77. The van der Waals surface area contributed by atoms with Crippen LogP contribution in [0.15, 0.2) is 48.5 Å². The number of benzene rings is 2. The molecule has 0 saturated carbocycles. The third-order valence-electron chi connectivity index (χ3n) is 3.60. The standard InChI is InChI=1S/C18H20IN3OS.ClH/c1-3-22(4-2)14-11-9-13(10-12-14)20-18(24)21-17(23)15-7-5-6-8-16(15)19;/h5-12H,3-4H2,1-2H3,(H2,20,21,23,24);1H. The highest BCUT2D eigenvalue weighted by Gasteiger charge is 2.11. The van der Waals surface area contributed by atoms with Crippen molar-refractivity contribution in [3.8, 4) is 0 Å². The summed E-state index contributed by atoms with van der Waals surface area (Å²) >= 11 is 7.36. The second-order valence-corrected chi connectivity index (χ2v) is 6.68. The average Bonchev–Trinajstić information content (AvgIpc) is 2.57. The predicted molar refractivity (Wildman–Crippen MR) is 120 cm³/mol. The number of rotatable bonds is 5. The molecule has 0 heterocycles. The molecule has 0 fully saturated rings. The molecule has 7 heteroatoms. The molecule has 0 aliphatic rings. The van der Waals surface area contributed by atoms with Gasteiger partial charge >= 0.3 is 0 Å². The number of hydrogen-bond acceptors (Lipinski definition) is 3. The molecule has 0 saturated heterocycles. The molecular formula is C18H21ClIN3OS. The van der Waals surface area contributed by atoms with Gasteiger partial charge in [0.05, 0.1) is 5.56 Å². The van der Waals surface area contributed by atoms with Crippen molar-refractivity contribution < 1.29 is 4.79 Å². The summed E-state index contributed by atoms with van der Waals surface area (Å²) < 4.78 is 0.888. The number of carbonyl (C=O) groups is 1. The molecule has 2 rings (SSSR count). The monoisotopic (exact) mass is 489 g/mol. The van der Waals surface area contributed by atoms with Crippen molar-refractivity contribution in [2.75, 3.05) is 23.3 Å². The lowest BCUT2D eigenvalue weighted by Gasteiger charge is -2.21. The largest absolute Gasteiger partial charge is 0.372 e. The van der Waals surface area contributed by atoms with Crippen LogP contribution in [0.3, 0.4) is 0 Å². The van der Waals surface area contributed by atoms with E-state index in [4.69, 9.17) is 12.2 Å². The van der Waals surface area contributed by atoms with Crippen molar-refractivity contribution in [2.24, 2.45) is 0 Å². The van der Waals surface area contributed by atoms with Crippen LogP contribution in [0.1, 0.15) is 24.2 Å². The fourth-order valence-electron chi connectivity index (χ4n) is 2.32. The summed E-state index contributed by atoms with van der Waals surface area (Å²) in [6.07, 6.45) is 0. The topological polar surface area (TPSA) is 44.4 Å². The summed E-state index contributed by atoms with van der Waals surface area (Å²) in [5.41, 5.74) is 2.62. The van der Waals surface area contributed by atoms with Crippen molar-refractivity contribution >= 4 is 69.6 Å². The van der Waals surface area contributed by atoms with Gasteiger partial charge in [0.25, 0.3) is 5.91 Å².